The molecular formula is C19H20N2O6. The highest BCUT2D eigenvalue weighted by Crippen LogP contribution is 2.00. The molecule has 2 aromatic rings. The van der Waals surface area contributed by atoms with Crippen molar-refractivity contribution in [2.24, 2.45) is 0 Å². The summed E-state index contributed by atoms with van der Waals surface area (Å²) >= 11 is 0. The number of benzene rings is 1. The number of nitrogens with one attached hydrogen (secondary N) is 2. The molecule has 8 heteroatoms. The number of esters is 1. The summed E-state index contributed by atoms with van der Waals surface area (Å²) in [5.41, 5.74) is 0.774. The molecule has 0 aliphatic heterocycles. The third-order valence-electron chi connectivity index (χ3n) is 3.44. The van der Waals surface area contributed by atoms with Gasteiger partial charge < -0.3 is 14.5 Å². The van der Waals surface area contributed by atoms with Crippen LogP contribution in [0.15, 0.2) is 53.1 Å². The summed E-state index contributed by atoms with van der Waals surface area (Å²) in [6, 6.07) is 12.1. The number of furan rings is 1. The Morgan fingerprint density at radius 2 is 1.74 bits per heavy atom. The third kappa shape index (κ3) is 7.55. The van der Waals surface area contributed by atoms with Crippen molar-refractivity contribution in [2.45, 2.75) is 19.3 Å². The van der Waals surface area contributed by atoms with E-state index in [1.54, 1.807) is 30.3 Å². The summed E-state index contributed by atoms with van der Waals surface area (Å²) in [6.07, 6.45) is 1.83. The van der Waals surface area contributed by atoms with Gasteiger partial charge in [-0.1, -0.05) is 30.3 Å². The Morgan fingerprint density at radius 3 is 2.44 bits per heavy atom. The van der Waals surface area contributed by atoms with Crippen LogP contribution in [0.25, 0.3) is 0 Å². The van der Waals surface area contributed by atoms with Crippen LogP contribution in [0.1, 0.15) is 29.0 Å². The molecule has 0 spiro atoms. The van der Waals surface area contributed by atoms with Crippen molar-refractivity contribution in [2.75, 3.05) is 13.2 Å². The van der Waals surface area contributed by atoms with Crippen LogP contribution in [-0.4, -0.2) is 36.8 Å². The van der Waals surface area contributed by atoms with Gasteiger partial charge >= 0.3 is 5.97 Å². The second kappa shape index (κ2) is 10.5. The zero-order chi connectivity index (χ0) is 19.5. The molecule has 0 atom stereocenters. The predicted octanol–water partition coefficient (Wildman–Crippen LogP) is 1.22. The highest BCUT2D eigenvalue weighted by molar-refractivity contribution is 5.97. The average molecular weight is 372 g/mol. The number of hydrogen-bond donors (Lipinski definition) is 2. The molecule has 0 radical (unpaired) electrons. The standard InChI is InChI=1S/C19H20N2O6/c22-16(12-14-6-2-1-3-7-14)21-17(23)13-27-18(24)9-4-10-20-19(25)15-8-5-11-26-15/h1-3,5-8,11H,4,9-10,12-13H2,(H,20,25)(H,21,22,23). The number of imide groups is 1. The number of carbonyl (C=O) groups excluding carboxylic acids is 4. The first-order valence-corrected chi connectivity index (χ1v) is 8.38. The maximum absolute atomic E-state index is 11.7. The van der Waals surface area contributed by atoms with Crippen LogP contribution in [0.3, 0.4) is 0 Å². The van der Waals surface area contributed by atoms with E-state index in [0.717, 1.165) is 5.56 Å². The maximum atomic E-state index is 11.7. The molecule has 142 valence electrons. The molecule has 1 aromatic carbocycles. The van der Waals surface area contributed by atoms with E-state index in [1.807, 2.05) is 6.07 Å². The van der Waals surface area contributed by atoms with Gasteiger partial charge in [0.05, 0.1) is 12.7 Å². The van der Waals surface area contributed by atoms with E-state index in [1.165, 1.54) is 12.3 Å². The van der Waals surface area contributed by atoms with Crippen LogP contribution < -0.4 is 10.6 Å². The largest absolute Gasteiger partial charge is 0.459 e. The van der Waals surface area contributed by atoms with Gasteiger partial charge in [0, 0.05) is 13.0 Å². The summed E-state index contributed by atoms with van der Waals surface area (Å²) in [5, 5.41) is 4.75. The lowest BCUT2D eigenvalue weighted by molar-refractivity contribution is -0.149. The van der Waals surface area contributed by atoms with Gasteiger partial charge in [0.25, 0.3) is 11.8 Å². The molecule has 2 N–H and O–H groups in total. The molecule has 0 aliphatic rings. The first kappa shape index (κ1) is 19.9. The number of hydrogen-bond acceptors (Lipinski definition) is 6. The van der Waals surface area contributed by atoms with Gasteiger partial charge in [-0.15, -0.1) is 0 Å². The average Bonchev–Trinajstić information content (AvgIpc) is 3.19. The molecule has 8 nitrogen and oxygen atoms in total. The summed E-state index contributed by atoms with van der Waals surface area (Å²) in [4.78, 5) is 46.5. The Labute approximate surface area is 155 Å². The molecule has 1 aromatic heterocycles. The molecule has 27 heavy (non-hydrogen) atoms. The predicted molar refractivity (Wildman–Crippen MR) is 94.5 cm³/mol. The third-order valence-corrected chi connectivity index (χ3v) is 3.44. The fraction of sp³-hybridized carbons (Fsp3) is 0.263. The van der Waals surface area contributed by atoms with Crippen molar-refractivity contribution >= 4 is 23.7 Å². The van der Waals surface area contributed by atoms with Gasteiger partial charge in [0.15, 0.2) is 12.4 Å². The van der Waals surface area contributed by atoms with Crippen molar-refractivity contribution in [3.63, 3.8) is 0 Å². The molecule has 2 rings (SSSR count). The maximum Gasteiger partial charge on any atom is 0.306 e. The van der Waals surface area contributed by atoms with Crippen LogP contribution in [0.4, 0.5) is 0 Å². The van der Waals surface area contributed by atoms with E-state index >= 15 is 0 Å². The summed E-state index contributed by atoms with van der Waals surface area (Å²) < 4.78 is 9.73. The lowest BCUT2D eigenvalue weighted by atomic mass is 10.1. The van der Waals surface area contributed by atoms with Crippen LogP contribution in [-0.2, 0) is 25.5 Å². The second-order valence-electron chi connectivity index (χ2n) is 5.63. The number of carbonyl (C=O) groups is 4. The van der Waals surface area contributed by atoms with Crippen LogP contribution in [0.2, 0.25) is 0 Å². The fourth-order valence-electron chi connectivity index (χ4n) is 2.16. The minimum absolute atomic E-state index is 0.0314. The van der Waals surface area contributed by atoms with Gasteiger partial charge in [-0.25, -0.2) is 0 Å². The van der Waals surface area contributed by atoms with E-state index in [4.69, 9.17) is 9.15 Å². The smallest absolute Gasteiger partial charge is 0.306 e. The van der Waals surface area contributed by atoms with E-state index in [9.17, 15) is 19.2 Å². The van der Waals surface area contributed by atoms with Crippen molar-refractivity contribution in [3.8, 4) is 0 Å². The van der Waals surface area contributed by atoms with Gasteiger partial charge in [-0.2, -0.15) is 0 Å². The molecule has 0 saturated heterocycles. The highest BCUT2D eigenvalue weighted by atomic mass is 16.5. The van der Waals surface area contributed by atoms with Crippen molar-refractivity contribution < 1.29 is 28.3 Å². The Morgan fingerprint density at radius 1 is 0.963 bits per heavy atom. The van der Waals surface area contributed by atoms with E-state index in [2.05, 4.69) is 10.6 Å². The molecule has 3 amide bonds. The SMILES string of the molecule is O=C(COC(=O)CCCNC(=O)c1ccco1)NC(=O)Cc1ccccc1. The summed E-state index contributed by atoms with van der Waals surface area (Å²) in [7, 11) is 0. The molecular weight excluding hydrogens is 352 g/mol. The quantitative estimate of drug-likeness (QED) is 0.505. The van der Waals surface area contributed by atoms with Crippen molar-refractivity contribution in [1.82, 2.24) is 10.6 Å². The highest BCUT2D eigenvalue weighted by Gasteiger charge is 2.12. The number of amides is 3. The molecule has 0 saturated carbocycles. The molecule has 0 aliphatic carbocycles. The van der Waals surface area contributed by atoms with Gasteiger partial charge in [0.2, 0.25) is 5.91 Å². The normalized spacial score (nSPS) is 10.1. The topological polar surface area (TPSA) is 115 Å². The van der Waals surface area contributed by atoms with Crippen LogP contribution >= 0.6 is 0 Å². The summed E-state index contributed by atoms with van der Waals surface area (Å²) in [5.74, 6) is -1.93. The van der Waals surface area contributed by atoms with Gasteiger partial charge in [-0.05, 0) is 24.1 Å². The van der Waals surface area contributed by atoms with Crippen LogP contribution in [0, 0.1) is 0 Å². The number of ether oxygens (including phenoxy) is 1. The van der Waals surface area contributed by atoms with Gasteiger partial charge in [0.1, 0.15) is 0 Å². The Kier molecular flexibility index (Phi) is 7.77. The molecule has 0 fully saturated rings. The lowest BCUT2D eigenvalue weighted by Crippen LogP contribution is -2.35. The summed E-state index contributed by atoms with van der Waals surface area (Å²) in [6.45, 7) is -0.269. The van der Waals surface area contributed by atoms with Crippen molar-refractivity contribution in [1.29, 1.82) is 0 Å². The van der Waals surface area contributed by atoms with E-state index < -0.39 is 24.4 Å². The molecule has 1 heterocycles. The zero-order valence-corrected chi connectivity index (χ0v) is 14.6. The minimum Gasteiger partial charge on any atom is -0.459 e. The van der Waals surface area contributed by atoms with Gasteiger partial charge in [-0.3, -0.25) is 24.5 Å². The first-order chi connectivity index (χ1) is 13.0. The monoisotopic (exact) mass is 372 g/mol. The molecule has 0 bridgehead atoms. The fourth-order valence-corrected chi connectivity index (χ4v) is 2.16. The number of rotatable bonds is 9. The minimum atomic E-state index is -0.685. The van der Waals surface area contributed by atoms with Crippen LogP contribution in [0.5, 0.6) is 0 Å². The lowest BCUT2D eigenvalue weighted by Gasteiger charge is -2.06. The first-order valence-electron chi connectivity index (χ1n) is 8.38. The van der Waals surface area contributed by atoms with E-state index in [0.29, 0.717) is 6.42 Å². The molecule has 0 unspecified atom stereocenters. The Balaban J connectivity index is 1.56. The van der Waals surface area contributed by atoms with Crippen molar-refractivity contribution in [3.05, 3.63) is 60.1 Å². The van der Waals surface area contributed by atoms with E-state index in [-0.39, 0.29) is 31.1 Å². The zero-order valence-electron chi connectivity index (χ0n) is 14.6. The Hall–Kier alpha value is -3.42. The Bertz CT molecular complexity index is 771. The second-order valence-corrected chi connectivity index (χ2v) is 5.63.